The highest BCUT2D eigenvalue weighted by atomic mass is 19.4. The minimum absolute atomic E-state index is 0.0147. The van der Waals surface area contributed by atoms with Crippen LogP contribution in [0.1, 0.15) is 18.9 Å². The summed E-state index contributed by atoms with van der Waals surface area (Å²) in [4.78, 5) is 25.6. The van der Waals surface area contributed by atoms with Gasteiger partial charge < -0.3 is 15.0 Å². The Hall–Kier alpha value is -2.16. The first-order valence-corrected chi connectivity index (χ1v) is 8.08. The zero-order valence-electron chi connectivity index (χ0n) is 14.4. The van der Waals surface area contributed by atoms with E-state index in [0.717, 1.165) is 0 Å². The molecular weight excluding hydrogens is 356 g/mol. The highest BCUT2D eigenvalue weighted by Gasteiger charge is 2.36. The molecule has 1 fully saturated rings. The number of amides is 2. The Kier molecular flexibility index (Phi) is 6.22. The Balaban J connectivity index is 1.90. The van der Waals surface area contributed by atoms with Crippen molar-refractivity contribution >= 4 is 17.5 Å². The van der Waals surface area contributed by atoms with Crippen molar-refractivity contribution in [3.63, 3.8) is 0 Å². The van der Waals surface area contributed by atoms with Gasteiger partial charge in [-0.25, -0.2) is 4.39 Å². The minimum atomic E-state index is -4.43. The molecule has 5 nitrogen and oxygen atoms in total. The molecule has 1 aromatic rings. The topological polar surface area (TPSA) is 58.6 Å². The molecule has 0 aliphatic carbocycles. The Morgan fingerprint density at radius 3 is 2.73 bits per heavy atom. The van der Waals surface area contributed by atoms with E-state index in [1.54, 1.807) is 13.0 Å². The van der Waals surface area contributed by atoms with Gasteiger partial charge in [0.25, 0.3) is 0 Å². The van der Waals surface area contributed by atoms with Crippen LogP contribution in [-0.4, -0.2) is 43.8 Å². The standard InChI is InChI=1S/C17H20F4N2O3/c1-10-3-4-14(13(18)5-10)23-7-12(6-15(23)24)16(25)22-11(2)8-26-9-17(19,20)21/h3-5,11-12H,6-9H2,1-2H3,(H,22,25). The molecule has 0 spiro atoms. The van der Waals surface area contributed by atoms with Gasteiger partial charge in [0.2, 0.25) is 11.8 Å². The molecule has 9 heteroatoms. The van der Waals surface area contributed by atoms with E-state index in [-0.39, 0.29) is 31.2 Å². The van der Waals surface area contributed by atoms with Crippen LogP contribution in [0.5, 0.6) is 0 Å². The van der Waals surface area contributed by atoms with E-state index in [4.69, 9.17) is 0 Å². The number of nitrogens with one attached hydrogen (secondary N) is 1. The summed E-state index contributed by atoms with van der Waals surface area (Å²) in [5.74, 6) is -2.10. The third kappa shape index (κ3) is 5.42. The van der Waals surface area contributed by atoms with Crippen LogP contribution in [0, 0.1) is 18.7 Å². The molecule has 0 bridgehead atoms. The number of benzene rings is 1. The fraction of sp³-hybridized carbons (Fsp3) is 0.529. The van der Waals surface area contributed by atoms with Crippen LogP contribution in [0.15, 0.2) is 18.2 Å². The number of anilines is 1. The van der Waals surface area contributed by atoms with E-state index in [2.05, 4.69) is 10.1 Å². The van der Waals surface area contributed by atoms with E-state index >= 15 is 0 Å². The van der Waals surface area contributed by atoms with Gasteiger partial charge in [0.1, 0.15) is 12.4 Å². The Morgan fingerprint density at radius 1 is 1.42 bits per heavy atom. The molecule has 1 aliphatic rings. The lowest BCUT2D eigenvalue weighted by atomic mass is 10.1. The highest BCUT2D eigenvalue weighted by molar-refractivity contribution is 6.00. The average Bonchev–Trinajstić information content (AvgIpc) is 2.88. The second kappa shape index (κ2) is 8.03. The maximum Gasteiger partial charge on any atom is 0.411 e. The van der Waals surface area contributed by atoms with Crippen molar-refractivity contribution in [2.45, 2.75) is 32.5 Å². The van der Waals surface area contributed by atoms with Crippen LogP contribution in [0.25, 0.3) is 0 Å². The highest BCUT2D eigenvalue weighted by Crippen LogP contribution is 2.28. The molecule has 2 amide bonds. The predicted octanol–water partition coefficient (Wildman–Crippen LogP) is 2.57. The number of halogens is 4. The van der Waals surface area contributed by atoms with Crippen LogP contribution in [0.3, 0.4) is 0 Å². The van der Waals surface area contributed by atoms with E-state index in [1.807, 2.05) is 0 Å². The molecule has 0 aromatic heterocycles. The third-order valence-electron chi connectivity index (χ3n) is 3.91. The van der Waals surface area contributed by atoms with Gasteiger partial charge in [0.05, 0.1) is 18.2 Å². The van der Waals surface area contributed by atoms with Gasteiger partial charge in [-0.1, -0.05) is 6.07 Å². The molecule has 2 unspecified atom stereocenters. The second-order valence-electron chi connectivity index (χ2n) is 6.40. The van der Waals surface area contributed by atoms with Gasteiger partial charge in [-0.3, -0.25) is 9.59 Å². The van der Waals surface area contributed by atoms with Gasteiger partial charge in [-0.15, -0.1) is 0 Å². The molecule has 1 N–H and O–H groups in total. The van der Waals surface area contributed by atoms with Crippen LogP contribution in [0.4, 0.5) is 23.2 Å². The lowest BCUT2D eigenvalue weighted by molar-refractivity contribution is -0.175. The zero-order valence-corrected chi connectivity index (χ0v) is 14.4. The number of aryl methyl sites for hydroxylation is 1. The van der Waals surface area contributed by atoms with Gasteiger partial charge >= 0.3 is 6.18 Å². The first-order valence-electron chi connectivity index (χ1n) is 8.08. The average molecular weight is 376 g/mol. The smallest absolute Gasteiger partial charge is 0.370 e. The Labute approximate surface area is 148 Å². The molecule has 1 aromatic carbocycles. The van der Waals surface area contributed by atoms with Crippen LogP contribution in [-0.2, 0) is 14.3 Å². The number of nitrogens with zero attached hydrogens (tertiary/aromatic N) is 1. The van der Waals surface area contributed by atoms with Crippen molar-refractivity contribution in [2.75, 3.05) is 24.7 Å². The van der Waals surface area contributed by atoms with Gasteiger partial charge in [-0.2, -0.15) is 13.2 Å². The number of rotatable bonds is 6. The normalized spacial score (nSPS) is 18.9. The van der Waals surface area contributed by atoms with E-state index in [0.29, 0.717) is 5.56 Å². The molecule has 144 valence electrons. The van der Waals surface area contributed by atoms with Gasteiger partial charge in [-0.05, 0) is 31.5 Å². The summed E-state index contributed by atoms with van der Waals surface area (Å²) in [5.41, 5.74) is 0.817. The summed E-state index contributed by atoms with van der Waals surface area (Å²) in [6.45, 7) is 1.54. The molecule has 1 heterocycles. The largest absolute Gasteiger partial charge is 0.411 e. The number of ether oxygens (including phenoxy) is 1. The summed E-state index contributed by atoms with van der Waals surface area (Å²) < 4.78 is 54.6. The molecule has 0 saturated carbocycles. The van der Waals surface area contributed by atoms with Crippen LogP contribution in [0.2, 0.25) is 0 Å². The molecule has 1 saturated heterocycles. The summed E-state index contributed by atoms with van der Waals surface area (Å²) >= 11 is 0. The second-order valence-corrected chi connectivity index (χ2v) is 6.40. The van der Waals surface area contributed by atoms with Crippen LogP contribution < -0.4 is 10.2 Å². The molecule has 2 rings (SSSR count). The van der Waals surface area contributed by atoms with Crippen LogP contribution >= 0.6 is 0 Å². The summed E-state index contributed by atoms with van der Waals surface area (Å²) in [6.07, 6.45) is -4.52. The monoisotopic (exact) mass is 376 g/mol. The summed E-state index contributed by atoms with van der Waals surface area (Å²) in [6, 6.07) is 3.80. The van der Waals surface area contributed by atoms with Crippen molar-refractivity contribution in [3.8, 4) is 0 Å². The molecule has 0 radical (unpaired) electrons. The Morgan fingerprint density at radius 2 is 2.12 bits per heavy atom. The van der Waals surface area contributed by atoms with E-state index < -0.39 is 36.5 Å². The molecular formula is C17H20F4N2O3. The summed E-state index contributed by atoms with van der Waals surface area (Å²) in [7, 11) is 0. The number of hydrogen-bond acceptors (Lipinski definition) is 3. The minimum Gasteiger partial charge on any atom is -0.370 e. The van der Waals surface area contributed by atoms with Crippen molar-refractivity contribution < 1.29 is 31.9 Å². The van der Waals surface area contributed by atoms with Crippen molar-refractivity contribution in [2.24, 2.45) is 5.92 Å². The SMILES string of the molecule is Cc1ccc(N2CC(C(=O)NC(C)COCC(F)(F)F)CC2=O)c(F)c1. The number of carbonyl (C=O) groups excluding carboxylic acids is 2. The lowest BCUT2D eigenvalue weighted by Crippen LogP contribution is -2.41. The lowest BCUT2D eigenvalue weighted by Gasteiger charge is -2.19. The first-order chi connectivity index (χ1) is 12.1. The molecule has 2 atom stereocenters. The molecule has 1 aliphatic heterocycles. The quantitative estimate of drug-likeness (QED) is 0.777. The molecule has 26 heavy (non-hydrogen) atoms. The van der Waals surface area contributed by atoms with E-state index in [1.165, 1.54) is 24.0 Å². The Bertz CT molecular complexity index is 678. The zero-order chi connectivity index (χ0) is 19.5. The summed E-state index contributed by atoms with van der Waals surface area (Å²) in [5, 5.41) is 2.52. The number of carbonyl (C=O) groups is 2. The van der Waals surface area contributed by atoms with Gasteiger partial charge in [0, 0.05) is 19.0 Å². The number of alkyl halides is 3. The fourth-order valence-electron chi connectivity index (χ4n) is 2.70. The van der Waals surface area contributed by atoms with Crippen molar-refractivity contribution in [1.82, 2.24) is 5.32 Å². The first kappa shape index (κ1) is 20.2. The number of hydrogen-bond donors (Lipinski definition) is 1. The maximum atomic E-state index is 14.0. The van der Waals surface area contributed by atoms with Gasteiger partial charge in [0.15, 0.2) is 0 Å². The fourth-order valence-corrected chi connectivity index (χ4v) is 2.70. The third-order valence-corrected chi connectivity index (χ3v) is 3.91. The van der Waals surface area contributed by atoms with Crippen molar-refractivity contribution in [3.05, 3.63) is 29.6 Å². The van der Waals surface area contributed by atoms with E-state index in [9.17, 15) is 27.2 Å². The predicted molar refractivity (Wildman–Crippen MR) is 86.1 cm³/mol. The van der Waals surface area contributed by atoms with Crippen molar-refractivity contribution in [1.29, 1.82) is 0 Å². The maximum absolute atomic E-state index is 14.0.